The van der Waals surface area contributed by atoms with Crippen LogP contribution >= 0.6 is 0 Å². The molecule has 13 aromatic rings. The minimum Gasteiger partial charge on any atom is -0.505 e. The fourth-order valence-corrected chi connectivity index (χ4v) is 9.90. The number of fused-ring (bicyclic) bond motifs is 3. The molecule has 0 saturated carbocycles. The molecule has 0 spiro atoms. The van der Waals surface area contributed by atoms with Crippen molar-refractivity contribution < 1.29 is 29.7 Å². The molecule has 6 aromatic heterocycles. The lowest BCUT2D eigenvalue weighted by molar-refractivity contribution is 0.101. The largest absolute Gasteiger partial charge is 0.505 e. The van der Waals surface area contributed by atoms with Crippen molar-refractivity contribution in [1.82, 2.24) is 49.0 Å². The van der Waals surface area contributed by atoms with Crippen LogP contribution in [0.15, 0.2) is 226 Å². The van der Waals surface area contributed by atoms with E-state index in [1.54, 1.807) is 109 Å². The Balaban J connectivity index is 0.885. The SMILES string of the molecule is [C-]#[N+]c1ccn(-c2ncccn2)c1/N=N/c1c(O)c(C(=O)Nc2cc(NC(=O)c3cc4ccccc4c(/N=N/c4c(C#N)cnn4-c4ccccn4)c3O)cc(NC(=O)c3cc4ccccc4c(/N=N/c4c([N+]#[C-])cnn4-c4ncccn4)c3O)c2)cc2ccccc12. The lowest BCUT2D eigenvalue weighted by atomic mass is 10.0. The van der Waals surface area contributed by atoms with Gasteiger partial charge in [0, 0.05) is 70.4 Å². The van der Waals surface area contributed by atoms with E-state index in [-0.39, 0.29) is 97.1 Å². The second kappa shape index (κ2) is 24.6. The summed E-state index contributed by atoms with van der Waals surface area (Å²) in [5, 5.41) is 91.6. The van der Waals surface area contributed by atoms with Crippen LogP contribution in [0.1, 0.15) is 36.6 Å². The molecule has 3 amide bonds. The van der Waals surface area contributed by atoms with E-state index in [1.165, 1.54) is 99.8 Å². The number of azo groups is 3. The van der Waals surface area contributed by atoms with Gasteiger partial charge in [0.25, 0.3) is 29.4 Å². The zero-order valence-electron chi connectivity index (χ0n) is 47.5. The molecule has 28 nitrogen and oxygen atoms in total. The first-order chi connectivity index (χ1) is 45.5. The first-order valence-electron chi connectivity index (χ1n) is 27.5. The summed E-state index contributed by atoms with van der Waals surface area (Å²) >= 11 is 0. The highest BCUT2D eigenvalue weighted by Crippen LogP contribution is 2.45. The Morgan fingerprint density at radius 2 is 0.892 bits per heavy atom. The monoisotopic (exact) mass is 1220 g/mol. The molecular formula is C65H38N22O6. The number of nitrogens with zero attached hydrogens (tertiary/aromatic N) is 19. The first kappa shape index (κ1) is 57.5. The minimum atomic E-state index is -0.917. The molecular weight excluding hydrogens is 1180 g/mol. The highest BCUT2D eigenvalue weighted by molar-refractivity contribution is 6.16. The zero-order chi connectivity index (χ0) is 64.1. The maximum absolute atomic E-state index is 14.8. The van der Waals surface area contributed by atoms with Crippen molar-refractivity contribution in [3.8, 4) is 41.0 Å². The Kier molecular flexibility index (Phi) is 15.2. The van der Waals surface area contributed by atoms with E-state index in [9.17, 15) is 35.0 Å². The van der Waals surface area contributed by atoms with Crippen LogP contribution in [0.5, 0.6) is 17.2 Å². The van der Waals surface area contributed by atoms with Gasteiger partial charge >= 0.3 is 0 Å². The molecule has 0 unspecified atom stereocenters. The fraction of sp³-hybridized carbons (Fsp3) is 0. The van der Waals surface area contributed by atoms with Crippen LogP contribution in [0.25, 0.3) is 59.7 Å². The zero-order valence-corrected chi connectivity index (χ0v) is 47.5. The van der Waals surface area contributed by atoms with Gasteiger partial charge in [-0.15, -0.1) is 30.7 Å². The summed E-state index contributed by atoms with van der Waals surface area (Å²) < 4.78 is 3.92. The molecule has 6 N–H and O–H groups in total. The van der Waals surface area contributed by atoms with Gasteiger partial charge in [0.2, 0.25) is 11.6 Å². The molecule has 0 aliphatic heterocycles. The number of anilines is 3. The summed E-state index contributed by atoms with van der Waals surface area (Å²) in [4.78, 5) is 72.6. The molecule has 0 saturated heterocycles. The van der Waals surface area contributed by atoms with Crippen molar-refractivity contribution in [1.29, 1.82) is 5.26 Å². The predicted molar refractivity (Wildman–Crippen MR) is 339 cm³/mol. The molecule has 444 valence electrons. The van der Waals surface area contributed by atoms with Gasteiger partial charge in [-0.05, 0) is 82.9 Å². The normalized spacial score (nSPS) is 11.3. The lowest BCUT2D eigenvalue weighted by Gasteiger charge is -2.16. The average molecular weight is 1220 g/mol. The van der Waals surface area contributed by atoms with Gasteiger partial charge in [-0.1, -0.05) is 78.9 Å². The van der Waals surface area contributed by atoms with E-state index in [0.29, 0.717) is 38.1 Å². The molecule has 0 fully saturated rings. The molecule has 0 aliphatic carbocycles. The highest BCUT2D eigenvalue weighted by Gasteiger charge is 2.25. The van der Waals surface area contributed by atoms with E-state index in [2.05, 4.69) is 91.4 Å². The van der Waals surface area contributed by atoms with Gasteiger partial charge in [0.15, 0.2) is 40.5 Å². The first-order valence-corrected chi connectivity index (χ1v) is 27.5. The molecule has 0 bridgehead atoms. The number of phenolic OH excluding ortho intramolecular Hbond substituents is 3. The fourth-order valence-electron chi connectivity index (χ4n) is 9.90. The average Bonchev–Trinajstić information content (AvgIpc) is 1.64. The summed E-state index contributed by atoms with van der Waals surface area (Å²) in [7, 11) is 0. The number of rotatable bonds is 15. The van der Waals surface area contributed by atoms with Gasteiger partial charge in [-0.25, -0.2) is 34.6 Å². The summed E-state index contributed by atoms with van der Waals surface area (Å²) in [6.07, 6.45) is 11.6. The van der Waals surface area contributed by atoms with E-state index in [1.807, 2.05) is 6.07 Å². The minimum absolute atomic E-state index is 0.0174. The second-order valence-corrected chi connectivity index (χ2v) is 19.9. The van der Waals surface area contributed by atoms with Gasteiger partial charge in [0.05, 0.1) is 42.2 Å². The van der Waals surface area contributed by atoms with Gasteiger partial charge < -0.3 is 31.3 Å². The third kappa shape index (κ3) is 11.2. The van der Waals surface area contributed by atoms with Gasteiger partial charge in [0.1, 0.15) is 28.7 Å². The summed E-state index contributed by atoms with van der Waals surface area (Å²) in [5.74, 6) is -4.06. The molecule has 0 radical (unpaired) electrons. The number of aromatic hydroxyl groups is 3. The van der Waals surface area contributed by atoms with Crippen LogP contribution in [0, 0.1) is 24.5 Å². The number of pyridine rings is 1. The second-order valence-electron chi connectivity index (χ2n) is 19.9. The van der Waals surface area contributed by atoms with E-state index in [0.717, 1.165) is 0 Å². The van der Waals surface area contributed by atoms with Crippen molar-refractivity contribution in [2.45, 2.75) is 0 Å². The molecule has 7 aromatic carbocycles. The van der Waals surface area contributed by atoms with Crippen molar-refractivity contribution in [3.05, 3.63) is 240 Å². The Bertz CT molecular complexity index is 4870. The van der Waals surface area contributed by atoms with Gasteiger partial charge in [-0.3, -0.25) is 19.0 Å². The van der Waals surface area contributed by atoms with E-state index >= 15 is 0 Å². The van der Waals surface area contributed by atoms with Crippen LogP contribution in [0.2, 0.25) is 0 Å². The van der Waals surface area contributed by atoms with Crippen molar-refractivity contribution in [2.24, 2.45) is 30.7 Å². The van der Waals surface area contributed by atoms with Crippen LogP contribution in [-0.4, -0.2) is 82.1 Å². The van der Waals surface area contributed by atoms with Crippen LogP contribution in [-0.2, 0) is 0 Å². The number of hydrogen-bond acceptors (Lipinski definition) is 20. The number of benzene rings is 7. The van der Waals surface area contributed by atoms with Gasteiger partial charge in [-0.2, -0.15) is 24.8 Å². The van der Waals surface area contributed by atoms with E-state index in [4.69, 9.17) is 13.1 Å². The number of carbonyl (C=O) groups excluding carboxylic acids is 3. The number of nitriles is 1. The van der Waals surface area contributed by atoms with Crippen molar-refractivity contribution in [3.63, 3.8) is 0 Å². The Morgan fingerprint density at radius 1 is 0.462 bits per heavy atom. The smallest absolute Gasteiger partial charge is 0.259 e. The van der Waals surface area contributed by atoms with Crippen LogP contribution in [0.3, 0.4) is 0 Å². The third-order valence-electron chi connectivity index (χ3n) is 14.2. The van der Waals surface area contributed by atoms with Crippen molar-refractivity contribution >= 4 is 113 Å². The topological polar surface area (TPSA) is 360 Å². The maximum atomic E-state index is 14.8. The number of amides is 3. The number of hydrogen-bond donors (Lipinski definition) is 6. The third-order valence-corrected chi connectivity index (χ3v) is 14.2. The van der Waals surface area contributed by atoms with Crippen LogP contribution < -0.4 is 16.0 Å². The molecule has 0 atom stereocenters. The molecule has 6 heterocycles. The number of carbonyl (C=O) groups is 3. The highest BCUT2D eigenvalue weighted by atomic mass is 16.3. The summed E-state index contributed by atoms with van der Waals surface area (Å²) in [6.45, 7) is 15.6. The molecule has 13 rings (SSSR count). The number of nitrogens with one attached hydrogen (secondary N) is 3. The Hall–Kier alpha value is -14.6. The standard InChI is InChI=1S/C65H38N22O6/c1-67-49-20-26-85(64-70-22-11-23-71-64)59(49)83-80-53-44-17-7-4-14-37(44)28-47(56(53)89)62(92)77-41-30-40(76-61(91)46-27-36-13-3-6-16-43(36)52(55(46)88)79-82-58-39(33-66)34-74-86(58)51-19-9-10-21-69-51)31-42(32-41)78-63(93)48-29-38-15-5-8-18-45(38)54(57(48)90)81-84-60-50(68-2)35-75-87(60)65-72-24-12-25-73-65/h3-32,34-35,88-90H,(H,76,91)(H,77,92)(H,78,93)/b82-79+,83-80+,84-81+. The van der Waals surface area contributed by atoms with Crippen LogP contribution in [0.4, 0.5) is 63.0 Å². The maximum Gasteiger partial charge on any atom is 0.259 e. The van der Waals surface area contributed by atoms with E-state index < -0.39 is 35.0 Å². The predicted octanol–water partition coefficient (Wildman–Crippen LogP) is 14.4. The summed E-state index contributed by atoms with van der Waals surface area (Å²) in [6, 6.07) is 40.3. The number of phenols is 3. The molecule has 28 heteroatoms. The lowest BCUT2D eigenvalue weighted by Crippen LogP contribution is -2.16. The molecule has 93 heavy (non-hydrogen) atoms. The number of aromatic nitrogens is 10. The Morgan fingerprint density at radius 3 is 1.35 bits per heavy atom. The Labute approximate surface area is 522 Å². The summed E-state index contributed by atoms with van der Waals surface area (Å²) in [5.41, 5.74) is -1.49. The van der Waals surface area contributed by atoms with Crippen molar-refractivity contribution in [2.75, 3.05) is 16.0 Å². The molecule has 0 aliphatic rings. The quantitative estimate of drug-likeness (QED) is 0.0410.